The van der Waals surface area contributed by atoms with Crippen LogP contribution in [0.15, 0.2) is 12.1 Å². The second-order valence-corrected chi connectivity index (χ2v) is 3.42. The lowest BCUT2D eigenvalue weighted by Crippen LogP contribution is -2.23. The van der Waals surface area contributed by atoms with Crippen molar-refractivity contribution in [3.63, 3.8) is 0 Å². The molecule has 1 rings (SSSR count). The first-order chi connectivity index (χ1) is 8.36. The van der Waals surface area contributed by atoms with E-state index in [0.29, 0.717) is 0 Å². The summed E-state index contributed by atoms with van der Waals surface area (Å²) in [5, 5.41) is 27.0. The van der Waals surface area contributed by atoms with Gasteiger partial charge in [-0.2, -0.15) is 0 Å². The smallest absolute Gasteiger partial charge is 0.344 e. The molecular weight excluding hydrogens is 244 g/mol. The summed E-state index contributed by atoms with van der Waals surface area (Å²) in [6.45, 7) is 1.30. The number of hydrogen-bond acceptors (Lipinski definition) is 5. The van der Waals surface area contributed by atoms with E-state index >= 15 is 0 Å². The van der Waals surface area contributed by atoms with Gasteiger partial charge >= 0.3 is 11.9 Å². The van der Waals surface area contributed by atoms with Crippen LogP contribution < -0.4 is 9.47 Å². The van der Waals surface area contributed by atoms with E-state index in [2.05, 4.69) is 0 Å². The van der Waals surface area contributed by atoms with Crippen LogP contribution in [0.5, 0.6) is 17.2 Å². The van der Waals surface area contributed by atoms with Gasteiger partial charge in [0.1, 0.15) is 11.3 Å². The lowest BCUT2D eigenvalue weighted by Gasteiger charge is -2.14. The van der Waals surface area contributed by atoms with Crippen molar-refractivity contribution in [1.82, 2.24) is 0 Å². The van der Waals surface area contributed by atoms with Crippen molar-refractivity contribution in [2.75, 3.05) is 7.11 Å². The molecule has 0 radical (unpaired) electrons. The summed E-state index contributed by atoms with van der Waals surface area (Å²) in [6, 6.07) is 2.06. The van der Waals surface area contributed by atoms with E-state index in [1.807, 2.05) is 0 Å². The number of phenols is 1. The van der Waals surface area contributed by atoms with E-state index in [0.717, 1.165) is 12.1 Å². The molecule has 3 N–H and O–H groups in total. The maximum absolute atomic E-state index is 10.8. The first-order valence-corrected chi connectivity index (χ1v) is 4.90. The van der Waals surface area contributed by atoms with Gasteiger partial charge in [-0.25, -0.2) is 9.59 Å². The largest absolute Gasteiger partial charge is 0.507 e. The van der Waals surface area contributed by atoms with Crippen LogP contribution in [0, 0.1) is 0 Å². The van der Waals surface area contributed by atoms with Crippen LogP contribution >= 0.6 is 0 Å². The zero-order valence-electron chi connectivity index (χ0n) is 9.71. The zero-order chi connectivity index (χ0) is 13.9. The number of hydrogen-bond donors (Lipinski definition) is 3. The van der Waals surface area contributed by atoms with Crippen molar-refractivity contribution in [3.8, 4) is 17.2 Å². The Labute approximate surface area is 102 Å². The number of carbonyl (C=O) groups is 2. The molecular formula is C11H12O7. The molecule has 1 atom stereocenters. The first kappa shape index (κ1) is 13.6. The summed E-state index contributed by atoms with van der Waals surface area (Å²) in [4.78, 5) is 21.4. The molecule has 0 aliphatic rings. The highest BCUT2D eigenvalue weighted by Crippen LogP contribution is 2.34. The Morgan fingerprint density at radius 1 is 1.22 bits per heavy atom. The standard InChI is InChI=1S/C11H12O7/c1-5(10(13)14)18-9-4-7(12)6(11(15)16)3-8(9)17-2/h3-5,12H,1-2H3,(H,13,14)(H,15,16). The maximum Gasteiger partial charge on any atom is 0.344 e. The molecule has 0 heterocycles. The number of methoxy groups -OCH3 is 1. The van der Waals surface area contributed by atoms with Crippen molar-refractivity contribution in [3.05, 3.63) is 17.7 Å². The molecule has 1 aromatic carbocycles. The average Bonchev–Trinajstić information content (AvgIpc) is 2.28. The topological polar surface area (TPSA) is 113 Å². The summed E-state index contributed by atoms with van der Waals surface area (Å²) in [5.74, 6) is -3.08. The van der Waals surface area contributed by atoms with Crippen LogP contribution in [0.2, 0.25) is 0 Å². The van der Waals surface area contributed by atoms with Crippen LogP contribution in [0.3, 0.4) is 0 Å². The lowest BCUT2D eigenvalue weighted by atomic mass is 10.1. The van der Waals surface area contributed by atoms with Crippen molar-refractivity contribution in [2.45, 2.75) is 13.0 Å². The maximum atomic E-state index is 10.8. The molecule has 18 heavy (non-hydrogen) atoms. The van der Waals surface area contributed by atoms with Gasteiger partial charge in [0, 0.05) is 12.1 Å². The van der Waals surface area contributed by atoms with Crippen molar-refractivity contribution < 1.29 is 34.4 Å². The summed E-state index contributed by atoms with van der Waals surface area (Å²) < 4.78 is 9.92. The highest BCUT2D eigenvalue weighted by Gasteiger charge is 2.19. The number of carboxylic acids is 2. The predicted octanol–water partition coefficient (Wildman–Crippen LogP) is 0.951. The van der Waals surface area contributed by atoms with E-state index in [9.17, 15) is 14.7 Å². The monoisotopic (exact) mass is 256 g/mol. The fraction of sp³-hybridized carbons (Fsp3) is 0.273. The second kappa shape index (κ2) is 5.26. The van der Waals surface area contributed by atoms with Crippen molar-refractivity contribution in [1.29, 1.82) is 0 Å². The fourth-order valence-electron chi connectivity index (χ4n) is 1.21. The molecule has 0 bridgehead atoms. The predicted molar refractivity (Wildman–Crippen MR) is 59.3 cm³/mol. The fourth-order valence-corrected chi connectivity index (χ4v) is 1.21. The Kier molecular flexibility index (Phi) is 3.98. The van der Waals surface area contributed by atoms with E-state index < -0.39 is 23.8 Å². The minimum Gasteiger partial charge on any atom is -0.507 e. The molecule has 7 nitrogen and oxygen atoms in total. The third-order valence-corrected chi connectivity index (χ3v) is 2.16. The summed E-state index contributed by atoms with van der Waals surface area (Å²) >= 11 is 0. The second-order valence-electron chi connectivity index (χ2n) is 3.42. The number of aromatic hydroxyl groups is 1. The van der Waals surface area contributed by atoms with Gasteiger partial charge in [-0.3, -0.25) is 0 Å². The van der Waals surface area contributed by atoms with Gasteiger partial charge in [0.25, 0.3) is 0 Å². The molecule has 0 amide bonds. The number of benzene rings is 1. The summed E-state index contributed by atoms with van der Waals surface area (Å²) in [6.07, 6.45) is -1.16. The average molecular weight is 256 g/mol. The Morgan fingerprint density at radius 3 is 2.28 bits per heavy atom. The Morgan fingerprint density at radius 2 is 1.83 bits per heavy atom. The minimum absolute atomic E-state index is 0.0262. The number of carboxylic acid groups (broad SMARTS) is 2. The molecule has 0 aromatic heterocycles. The number of aliphatic carboxylic acids is 1. The molecule has 7 heteroatoms. The third-order valence-electron chi connectivity index (χ3n) is 2.16. The summed E-state index contributed by atoms with van der Waals surface area (Å²) in [7, 11) is 1.27. The molecule has 0 spiro atoms. The van der Waals surface area contributed by atoms with E-state index in [-0.39, 0.29) is 17.1 Å². The van der Waals surface area contributed by atoms with Gasteiger partial charge in [0.05, 0.1) is 7.11 Å². The molecule has 98 valence electrons. The molecule has 0 aliphatic heterocycles. The van der Waals surface area contributed by atoms with E-state index in [1.165, 1.54) is 14.0 Å². The van der Waals surface area contributed by atoms with Gasteiger partial charge in [-0.05, 0) is 6.92 Å². The normalized spacial score (nSPS) is 11.7. The molecule has 1 unspecified atom stereocenters. The molecule has 0 saturated carbocycles. The van der Waals surface area contributed by atoms with Crippen LogP contribution in [0.1, 0.15) is 17.3 Å². The van der Waals surface area contributed by atoms with Crippen LogP contribution in [0.25, 0.3) is 0 Å². The van der Waals surface area contributed by atoms with Crippen LogP contribution in [-0.2, 0) is 4.79 Å². The number of rotatable bonds is 5. The highest BCUT2D eigenvalue weighted by molar-refractivity contribution is 5.91. The van der Waals surface area contributed by atoms with Gasteiger partial charge in [-0.15, -0.1) is 0 Å². The van der Waals surface area contributed by atoms with E-state index in [4.69, 9.17) is 19.7 Å². The van der Waals surface area contributed by atoms with Gasteiger partial charge in [0.15, 0.2) is 17.6 Å². The van der Waals surface area contributed by atoms with E-state index in [1.54, 1.807) is 0 Å². The first-order valence-electron chi connectivity index (χ1n) is 4.90. The van der Waals surface area contributed by atoms with Crippen LogP contribution in [0.4, 0.5) is 0 Å². The van der Waals surface area contributed by atoms with Crippen molar-refractivity contribution in [2.24, 2.45) is 0 Å². The molecule has 1 aromatic rings. The highest BCUT2D eigenvalue weighted by atomic mass is 16.5. The van der Waals surface area contributed by atoms with Gasteiger partial charge < -0.3 is 24.8 Å². The zero-order valence-corrected chi connectivity index (χ0v) is 9.71. The molecule has 0 aliphatic carbocycles. The molecule has 0 fully saturated rings. The Bertz CT molecular complexity index is 481. The number of aromatic carboxylic acids is 1. The van der Waals surface area contributed by atoms with Crippen LogP contribution in [-0.4, -0.2) is 40.5 Å². The quantitative estimate of drug-likeness (QED) is 0.718. The van der Waals surface area contributed by atoms with Crippen molar-refractivity contribution >= 4 is 11.9 Å². The SMILES string of the molecule is COc1cc(C(=O)O)c(O)cc1OC(C)C(=O)O. The van der Waals surface area contributed by atoms with Gasteiger partial charge in [0.2, 0.25) is 0 Å². The van der Waals surface area contributed by atoms with Gasteiger partial charge in [-0.1, -0.05) is 0 Å². The molecule has 0 saturated heterocycles. The third kappa shape index (κ3) is 2.82. The summed E-state index contributed by atoms with van der Waals surface area (Å²) in [5.41, 5.74) is -0.359. The lowest BCUT2D eigenvalue weighted by molar-refractivity contribution is -0.144. The Hall–Kier alpha value is -2.44. The number of ether oxygens (including phenoxy) is 2. The Balaban J connectivity index is 3.16. The minimum atomic E-state index is -1.33.